The first-order chi connectivity index (χ1) is 6.65. The molecule has 76 valence electrons. The number of hydrogen-bond acceptors (Lipinski definition) is 2. The van der Waals surface area contributed by atoms with Crippen LogP contribution in [-0.2, 0) is 0 Å². The zero-order chi connectivity index (χ0) is 10.1. The van der Waals surface area contributed by atoms with E-state index in [0.717, 1.165) is 25.1 Å². The van der Waals surface area contributed by atoms with E-state index in [1.807, 2.05) is 0 Å². The van der Waals surface area contributed by atoms with Crippen LogP contribution in [0, 0.1) is 11.6 Å². The second kappa shape index (κ2) is 3.69. The summed E-state index contributed by atoms with van der Waals surface area (Å²) in [5.41, 5.74) is 0. The number of halogens is 3. The van der Waals surface area contributed by atoms with Crippen LogP contribution in [-0.4, -0.2) is 16.4 Å². The lowest BCUT2D eigenvalue weighted by molar-refractivity contribution is 0.449. The maximum atomic E-state index is 13.1. The number of rotatable bonds is 2. The van der Waals surface area contributed by atoms with Crippen LogP contribution in [0.5, 0.6) is 0 Å². The van der Waals surface area contributed by atoms with Crippen molar-refractivity contribution < 1.29 is 8.78 Å². The standard InChI is InChI=1S/C9H9ClF2N2/c10-5-1-7(2-5)14-9-8(12)3-6(11)4-13-9/h3-5,7H,1-2H2,(H,13,14). The number of aromatic nitrogens is 1. The minimum atomic E-state index is -0.670. The van der Waals surface area contributed by atoms with Gasteiger partial charge >= 0.3 is 0 Å². The molecule has 1 fully saturated rings. The molecule has 0 saturated heterocycles. The molecule has 1 aromatic rings. The van der Waals surface area contributed by atoms with E-state index in [4.69, 9.17) is 11.6 Å². The van der Waals surface area contributed by atoms with E-state index >= 15 is 0 Å². The van der Waals surface area contributed by atoms with Crippen LogP contribution in [0.2, 0.25) is 0 Å². The predicted octanol–water partition coefficient (Wildman–Crippen LogP) is 2.54. The van der Waals surface area contributed by atoms with Gasteiger partial charge in [0, 0.05) is 17.5 Å². The highest BCUT2D eigenvalue weighted by molar-refractivity contribution is 6.21. The van der Waals surface area contributed by atoms with Gasteiger partial charge in [-0.3, -0.25) is 0 Å². The van der Waals surface area contributed by atoms with E-state index in [-0.39, 0.29) is 17.2 Å². The summed E-state index contributed by atoms with van der Waals surface area (Å²) < 4.78 is 25.6. The van der Waals surface area contributed by atoms with E-state index in [9.17, 15) is 8.78 Å². The van der Waals surface area contributed by atoms with Gasteiger partial charge in [-0.1, -0.05) is 0 Å². The molecule has 0 aliphatic heterocycles. The summed E-state index contributed by atoms with van der Waals surface area (Å²) in [7, 11) is 0. The molecule has 0 radical (unpaired) electrons. The molecule has 0 unspecified atom stereocenters. The number of hydrogen-bond donors (Lipinski definition) is 1. The average molecular weight is 219 g/mol. The van der Waals surface area contributed by atoms with Crippen LogP contribution in [0.1, 0.15) is 12.8 Å². The topological polar surface area (TPSA) is 24.9 Å². The van der Waals surface area contributed by atoms with Crippen molar-refractivity contribution in [3.05, 3.63) is 23.9 Å². The highest BCUT2D eigenvalue weighted by Gasteiger charge is 2.27. The Kier molecular flexibility index (Phi) is 2.54. The summed E-state index contributed by atoms with van der Waals surface area (Å²) in [5.74, 6) is -1.24. The smallest absolute Gasteiger partial charge is 0.168 e. The van der Waals surface area contributed by atoms with Crippen LogP contribution >= 0.6 is 11.6 Å². The Balaban J connectivity index is 2.02. The fourth-order valence-electron chi connectivity index (χ4n) is 1.38. The number of alkyl halides is 1. The van der Waals surface area contributed by atoms with E-state index in [1.165, 1.54) is 0 Å². The largest absolute Gasteiger partial charge is 0.365 e. The van der Waals surface area contributed by atoms with E-state index in [1.54, 1.807) is 0 Å². The van der Waals surface area contributed by atoms with Gasteiger partial charge in [-0.05, 0) is 12.8 Å². The third kappa shape index (κ3) is 1.95. The van der Waals surface area contributed by atoms with Crippen molar-refractivity contribution in [2.24, 2.45) is 0 Å². The first-order valence-electron chi connectivity index (χ1n) is 4.37. The molecule has 0 atom stereocenters. The van der Waals surface area contributed by atoms with Crippen molar-refractivity contribution in [2.45, 2.75) is 24.3 Å². The van der Waals surface area contributed by atoms with E-state index < -0.39 is 11.6 Å². The number of pyridine rings is 1. The van der Waals surface area contributed by atoms with E-state index in [2.05, 4.69) is 10.3 Å². The molecular weight excluding hydrogens is 210 g/mol. The predicted molar refractivity (Wildman–Crippen MR) is 50.4 cm³/mol. The summed E-state index contributed by atoms with van der Waals surface area (Å²) in [5, 5.41) is 3.03. The highest BCUT2D eigenvalue weighted by Crippen LogP contribution is 2.28. The van der Waals surface area contributed by atoms with E-state index in [0.29, 0.717) is 0 Å². The van der Waals surface area contributed by atoms with Gasteiger partial charge in [0.1, 0.15) is 5.82 Å². The number of nitrogens with zero attached hydrogens (tertiary/aromatic N) is 1. The van der Waals surface area contributed by atoms with Crippen molar-refractivity contribution in [1.29, 1.82) is 0 Å². The first kappa shape index (κ1) is 9.65. The summed E-state index contributed by atoms with van der Waals surface area (Å²) in [6.07, 6.45) is 2.57. The summed E-state index contributed by atoms with van der Waals surface area (Å²) in [4.78, 5) is 3.62. The van der Waals surface area contributed by atoms with Gasteiger partial charge in [-0.15, -0.1) is 11.6 Å². The molecule has 0 amide bonds. The third-order valence-electron chi connectivity index (χ3n) is 2.23. The Bertz CT molecular complexity index is 340. The fraction of sp³-hybridized carbons (Fsp3) is 0.444. The van der Waals surface area contributed by atoms with Gasteiger partial charge in [0.25, 0.3) is 0 Å². The fourth-order valence-corrected chi connectivity index (χ4v) is 1.81. The zero-order valence-electron chi connectivity index (χ0n) is 7.30. The molecule has 1 saturated carbocycles. The second-order valence-electron chi connectivity index (χ2n) is 3.39. The summed E-state index contributed by atoms with van der Waals surface area (Å²) in [6, 6.07) is 0.969. The van der Waals surface area contributed by atoms with Gasteiger partial charge in [0.15, 0.2) is 11.6 Å². The lowest BCUT2D eigenvalue weighted by Gasteiger charge is -2.31. The second-order valence-corrected chi connectivity index (χ2v) is 4.01. The molecule has 2 nitrogen and oxygen atoms in total. The Hall–Kier alpha value is -0.900. The summed E-state index contributed by atoms with van der Waals surface area (Å²) in [6.45, 7) is 0. The Labute approximate surface area is 85.3 Å². The van der Waals surface area contributed by atoms with Crippen LogP contribution in [0.4, 0.5) is 14.6 Å². The number of anilines is 1. The molecule has 1 heterocycles. The van der Waals surface area contributed by atoms with Gasteiger partial charge < -0.3 is 5.32 Å². The number of nitrogens with one attached hydrogen (secondary N) is 1. The van der Waals surface area contributed by atoms with Gasteiger partial charge in [-0.2, -0.15) is 0 Å². The Morgan fingerprint density at radius 2 is 2.14 bits per heavy atom. The highest BCUT2D eigenvalue weighted by atomic mass is 35.5. The van der Waals surface area contributed by atoms with Crippen molar-refractivity contribution >= 4 is 17.4 Å². The van der Waals surface area contributed by atoms with Gasteiger partial charge in [0.2, 0.25) is 0 Å². The normalized spacial score (nSPS) is 25.6. The molecule has 0 spiro atoms. The average Bonchev–Trinajstić information content (AvgIpc) is 2.06. The first-order valence-corrected chi connectivity index (χ1v) is 4.80. The van der Waals surface area contributed by atoms with Crippen molar-refractivity contribution in [1.82, 2.24) is 4.98 Å². The SMILES string of the molecule is Fc1cnc(NC2CC(Cl)C2)c(F)c1. The molecule has 14 heavy (non-hydrogen) atoms. The summed E-state index contributed by atoms with van der Waals surface area (Å²) >= 11 is 5.76. The molecule has 2 rings (SSSR count). The van der Waals surface area contributed by atoms with Crippen molar-refractivity contribution in [3.8, 4) is 0 Å². The molecule has 1 N–H and O–H groups in total. The van der Waals surface area contributed by atoms with Crippen LogP contribution in [0.25, 0.3) is 0 Å². The minimum absolute atomic E-state index is 0.0972. The molecule has 1 aliphatic rings. The lowest BCUT2D eigenvalue weighted by Crippen LogP contribution is -2.36. The Morgan fingerprint density at radius 1 is 1.43 bits per heavy atom. The minimum Gasteiger partial charge on any atom is -0.365 e. The van der Waals surface area contributed by atoms with Crippen molar-refractivity contribution in [2.75, 3.05) is 5.32 Å². The molecule has 0 aromatic carbocycles. The maximum absolute atomic E-state index is 13.1. The molecule has 1 aliphatic carbocycles. The van der Waals surface area contributed by atoms with Crippen LogP contribution in [0.3, 0.4) is 0 Å². The van der Waals surface area contributed by atoms with Crippen LogP contribution in [0.15, 0.2) is 12.3 Å². The zero-order valence-corrected chi connectivity index (χ0v) is 8.06. The molecule has 1 aromatic heterocycles. The third-order valence-corrected chi connectivity index (χ3v) is 2.59. The monoisotopic (exact) mass is 218 g/mol. The quantitative estimate of drug-likeness (QED) is 0.772. The maximum Gasteiger partial charge on any atom is 0.168 e. The lowest BCUT2D eigenvalue weighted by atomic mass is 9.92. The molecular formula is C9H9ClF2N2. The van der Waals surface area contributed by atoms with Crippen LogP contribution < -0.4 is 5.32 Å². The Morgan fingerprint density at radius 3 is 2.71 bits per heavy atom. The molecule has 0 bridgehead atoms. The molecule has 5 heteroatoms. The van der Waals surface area contributed by atoms with Gasteiger partial charge in [-0.25, -0.2) is 13.8 Å². The van der Waals surface area contributed by atoms with Crippen molar-refractivity contribution in [3.63, 3.8) is 0 Å². The van der Waals surface area contributed by atoms with Gasteiger partial charge in [0.05, 0.1) is 6.20 Å².